The molecule has 0 aliphatic rings. The number of aromatic nitrogens is 1. The molecule has 3 nitrogen and oxygen atoms in total. The second-order valence-electron chi connectivity index (χ2n) is 5.56. The van der Waals surface area contributed by atoms with Crippen LogP contribution in [-0.2, 0) is 6.54 Å². The number of nitrogens with zero attached hydrogens (tertiary/aromatic N) is 1. The smallest absolute Gasteiger partial charge is 0.180 e. The lowest BCUT2D eigenvalue weighted by atomic mass is 9.82. The maximum atomic E-state index is 5.26. The molecule has 0 spiro atoms. The molecule has 0 aliphatic heterocycles. The van der Waals surface area contributed by atoms with Gasteiger partial charge in [-0.2, -0.15) is 0 Å². The molecule has 0 bridgehead atoms. The molecule has 1 aromatic heterocycles. The van der Waals surface area contributed by atoms with Crippen LogP contribution in [0.3, 0.4) is 0 Å². The van der Waals surface area contributed by atoms with Gasteiger partial charge in [0, 0.05) is 6.04 Å². The molecule has 3 heteroatoms. The predicted molar refractivity (Wildman–Crippen MR) is 72.0 cm³/mol. The van der Waals surface area contributed by atoms with Crippen molar-refractivity contribution in [2.45, 2.75) is 33.4 Å². The lowest BCUT2D eigenvalue weighted by Crippen LogP contribution is -2.31. The first-order valence-electron chi connectivity index (χ1n) is 6.23. The molecule has 0 aliphatic carbocycles. The molecule has 96 valence electrons. The molecular formula is C15H20N2O. The van der Waals surface area contributed by atoms with Gasteiger partial charge in [0.1, 0.15) is 5.76 Å². The van der Waals surface area contributed by atoms with Crippen molar-refractivity contribution in [2.24, 2.45) is 5.41 Å². The second kappa shape index (κ2) is 5.36. The summed E-state index contributed by atoms with van der Waals surface area (Å²) in [6, 6.07) is 10.8. The van der Waals surface area contributed by atoms with Gasteiger partial charge in [-0.15, -0.1) is 0 Å². The second-order valence-corrected chi connectivity index (χ2v) is 5.56. The largest absolute Gasteiger partial charge is 0.447 e. The third kappa shape index (κ3) is 3.20. The van der Waals surface area contributed by atoms with Crippen molar-refractivity contribution in [2.75, 3.05) is 0 Å². The lowest BCUT2D eigenvalue weighted by Gasteiger charge is -2.32. The number of benzene rings is 1. The van der Waals surface area contributed by atoms with Gasteiger partial charge in [-0.1, -0.05) is 51.1 Å². The zero-order valence-electron chi connectivity index (χ0n) is 11.2. The SMILES string of the molecule is CC(C)(C)C(NCc1cnco1)c1ccccc1. The van der Waals surface area contributed by atoms with Crippen molar-refractivity contribution in [3.63, 3.8) is 0 Å². The van der Waals surface area contributed by atoms with Gasteiger partial charge in [0.25, 0.3) is 0 Å². The molecular weight excluding hydrogens is 224 g/mol. The normalized spacial score (nSPS) is 13.5. The fraction of sp³-hybridized carbons (Fsp3) is 0.400. The van der Waals surface area contributed by atoms with E-state index in [-0.39, 0.29) is 11.5 Å². The standard InChI is InChI=1S/C15H20N2O/c1-15(2,3)14(12-7-5-4-6-8-12)17-10-13-9-16-11-18-13/h4-9,11,14,17H,10H2,1-3H3. The third-order valence-corrected chi connectivity index (χ3v) is 2.96. The maximum Gasteiger partial charge on any atom is 0.180 e. The zero-order valence-corrected chi connectivity index (χ0v) is 11.2. The Bertz CT molecular complexity index is 457. The van der Waals surface area contributed by atoms with Crippen molar-refractivity contribution < 1.29 is 4.42 Å². The zero-order chi connectivity index (χ0) is 13.0. The molecule has 0 fully saturated rings. The van der Waals surface area contributed by atoms with Crippen LogP contribution in [0.5, 0.6) is 0 Å². The summed E-state index contributed by atoms with van der Waals surface area (Å²) >= 11 is 0. The quantitative estimate of drug-likeness (QED) is 0.893. The summed E-state index contributed by atoms with van der Waals surface area (Å²) in [5.74, 6) is 0.861. The average molecular weight is 244 g/mol. The summed E-state index contributed by atoms with van der Waals surface area (Å²) < 4.78 is 5.26. The summed E-state index contributed by atoms with van der Waals surface area (Å²) in [5.41, 5.74) is 1.44. The van der Waals surface area contributed by atoms with Crippen LogP contribution >= 0.6 is 0 Å². The highest BCUT2D eigenvalue weighted by Crippen LogP contribution is 2.32. The van der Waals surface area contributed by atoms with E-state index < -0.39 is 0 Å². The highest BCUT2D eigenvalue weighted by Gasteiger charge is 2.25. The summed E-state index contributed by atoms with van der Waals surface area (Å²) in [6.45, 7) is 7.39. The van der Waals surface area contributed by atoms with E-state index in [1.165, 1.54) is 12.0 Å². The topological polar surface area (TPSA) is 38.1 Å². The maximum absolute atomic E-state index is 5.26. The Labute approximate surface area is 108 Å². The third-order valence-electron chi connectivity index (χ3n) is 2.96. The molecule has 1 heterocycles. The van der Waals surface area contributed by atoms with Crippen LogP contribution in [0.2, 0.25) is 0 Å². The van der Waals surface area contributed by atoms with Crippen LogP contribution in [0, 0.1) is 5.41 Å². The molecule has 1 N–H and O–H groups in total. The fourth-order valence-electron chi connectivity index (χ4n) is 2.10. The monoisotopic (exact) mass is 244 g/mol. The van der Waals surface area contributed by atoms with Gasteiger partial charge < -0.3 is 9.73 Å². The van der Waals surface area contributed by atoms with Crippen LogP contribution in [0.15, 0.2) is 47.3 Å². The van der Waals surface area contributed by atoms with Crippen LogP contribution in [0.4, 0.5) is 0 Å². The highest BCUT2D eigenvalue weighted by molar-refractivity contribution is 5.20. The van der Waals surface area contributed by atoms with Crippen molar-refractivity contribution in [1.82, 2.24) is 10.3 Å². The van der Waals surface area contributed by atoms with Crippen LogP contribution in [-0.4, -0.2) is 4.98 Å². The van der Waals surface area contributed by atoms with Gasteiger partial charge >= 0.3 is 0 Å². The average Bonchev–Trinajstić information content (AvgIpc) is 2.82. The van der Waals surface area contributed by atoms with Gasteiger partial charge in [-0.05, 0) is 11.0 Å². The Kier molecular flexibility index (Phi) is 3.82. The molecule has 18 heavy (non-hydrogen) atoms. The fourth-order valence-corrected chi connectivity index (χ4v) is 2.10. The minimum absolute atomic E-state index is 0.140. The molecule has 0 saturated heterocycles. The first kappa shape index (κ1) is 12.8. The van der Waals surface area contributed by atoms with E-state index in [4.69, 9.17) is 4.42 Å². The minimum atomic E-state index is 0.140. The number of hydrogen-bond donors (Lipinski definition) is 1. The highest BCUT2D eigenvalue weighted by atomic mass is 16.3. The Morgan fingerprint density at radius 3 is 2.50 bits per heavy atom. The van der Waals surface area contributed by atoms with Crippen LogP contribution < -0.4 is 5.32 Å². The van der Waals surface area contributed by atoms with Crippen molar-refractivity contribution >= 4 is 0 Å². The lowest BCUT2D eigenvalue weighted by molar-refractivity contribution is 0.264. The van der Waals surface area contributed by atoms with E-state index in [0.29, 0.717) is 6.54 Å². The summed E-state index contributed by atoms with van der Waals surface area (Å²) in [4.78, 5) is 3.93. The Balaban J connectivity index is 2.12. The van der Waals surface area contributed by atoms with Crippen LogP contribution in [0.1, 0.15) is 38.1 Å². The molecule has 2 rings (SSSR count). The predicted octanol–water partition coefficient (Wildman–Crippen LogP) is 3.55. The summed E-state index contributed by atoms with van der Waals surface area (Å²) in [7, 11) is 0. The van der Waals surface area contributed by atoms with Gasteiger partial charge in [-0.3, -0.25) is 0 Å². The number of nitrogens with one attached hydrogen (secondary N) is 1. The van der Waals surface area contributed by atoms with Crippen molar-refractivity contribution in [3.8, 4) is 0 Å². The van der Waals surface area contributed by atoms with Crippen molar-refractivity contribution in [1.29, 1.82) is 0 Å². The number of rotatable bonds is 4. The molecule has 1 atom stereocenters. The summed E-state index contributed by atoms with van der Waals surface area (Å²) in [5, 5.41) is 3.54. The van der Waals surface area contributed by atoms with Gasteiger partial charge in [0.15, 0.2) is 6.39 Å². The number of hydrogen-bond acceptors (Lipinski definition) is 3. The van der Waals surface area contributed by atoms with Crippen molar-refractivity contribution in [3.05, 3.63) is 54.2 Å². The molecule has 0 saturated carbocycles. The van der Waals surface area contributed by atoms with Gasteiger partial charge in [0.2, 0.25) is 0 Å². The van der Waals surface area contributed by atoms with Crippen LogP contribution in [0.25, 0.3) is 0 Å². The first-order valence-corrected chi connectivity index (χ1v) is 6.23. The minimum Gasteiger partial charge on any atom is -0.447 e. The molecule has 0 radical (unpaired) electrons. The van der Waals surface area contributed by atoms with E-state index in [1.54, 1.807) is 6.20 Å². The van der Waals surface area contributed by atoms with E-state index in [1.807, 2.05) is 6.07 Å². The molecule has 1 aromatic carbocycles. The Hall–Kier alpha value is -1.61. The first-order chi connectivity index (χ1) is 8.57. The molecule has 2 aromatic rings. The van der Waals surface area contributed by atoms with E-state index >= 15 is 0 Å². The van der Waals surface area contributed by atoms with Gasteiger partial charge in [-0.25, -0.2) is 4.98 Å². The Morgan fingerprint density at radius 2 is 1.94 bits per heavy atom. The van der Waals surface area contributed by atoms with E-state index in [2.05, 4.69) is 55.3 Å². The molecule has 0 amide bonds. The van der Waals surface area contributed by atoms with E-state index in [9.17, 15) is 0 Å². The Morgan fingerprint density at radius 1 is 1.22 bits per heavy atom. The number of oxazole rings is 1. The molecule has 1 unspecified atom stereocenters. The summed E-state index contributed by atoms with van der Waals surface area (Å²) in [6.07, 6.45) is 3.21. The van der Waals surface area contributed by atoms with E-state index in [0.717, 1.165) is 5.76 Å². The van der Waals surface area contributed by atoms with Gasteiger partial charge in [0.05, 0.1) is 12.7 Å².